The zero-order valence-corrected chi connectivity index (χ0v) is 14.1. The predicted octanol–water partition coefficient (Wildman–Crippen LogP) is 2.06. The first-order valence-corrected chi connectivity index (χ1v) is 7.63. The lowest BCUT2D eigenvalue weighted by Crippen LogP contribution is -2.28. The van der Waals surface area contributed by atoms with Crippen molar-refractivity contribution in [3.8, 4) is 11.7 Å². The van der Waals surface area contributed by atoms with Gasteiger partial charge >= 0.3 is 5.97 Å². The molecule has 0 saturated carbocycles. The van der Waals surface area contributed by atoms with E-state index in [1.165, 1.54) is 0 Å². The third-order valence-electron chi connectivity index (χ3n) is 2.87. The standard InChI is InChI=1S/C14H12BrN5O4/c1-20(14-16-5-2-6-17-14)7-12(21)22-8-11-18-19-13(24-11)9-3-4-10(15)23-9/h2-6H,7-8H2,1H3. The first kappa shape index (κ1) is 16.1. The Morgan fingerprint density at radius 3 is 2.75 bits per heavy atom. The molecule has 0 aliphatic rings. The number of esters is 1. The second-order valence-corrected chi connectivity index (χ2v) is 5.45. The second-order valence-electron chi connectivity index (χ2n) is 4.67. The molecular formula is C14H12BrN5O4. The third-order valence-corrected chi connectivity index (χ3v) is 3.29. The Bertz CT molecular complexity index is 819. The van der Waals surface area contributed by atoms with E-state index in [4.69, 9.17) is 13.6 Å². The number of ether oxygens (including phenoxy) is 1. The highest BCUT2D eigenvalue weighted by molar-refractivity contribution is 9.10. The van der Waals surface area contributed by atoms with Gasteiger partial charge < -0.3 is 18.5 Å². The van der Waals surface area contributed by atoms with Crippen LogP contribution < -0.4 is 4.90 Å². The molecule has 124 valence electrons. The van der Waals surface area contributed by atoms with Crippen LogP contribution in [0.4, 0.5) is 5.95 Å². The summed E-state index contributed by atoms with van der Waals surface area (Å²) in [5, 5.41) is 7.64. The van der Waals surface area contributed by atoms with E-state index in [1.54, 1.807) is 42.5 Å². The summed E-state index contributed by atoms with van der Waals surface area (Å²) in [6.07, 6.45) is 3.19. The fourth-order valence-corrected chi connectivity index (χ4v) is 2.09. The topological polar surface area (TPSA) is 107 Å². The summed E-state index contributed by atoms with van der Waals surface area (Å²) in [5.74, 6) is 0.766. The quantitative estimate of drug-likeness (QED) is 0.581. The van der Waals surface area contributed by atoms with Crippen molar-refractivity contribution in [3.05, 3.63) is 41.2 Å². The average molecular weight is 394 g/mol. The van der Waals surface area contributed by atoms with Crippen molar-refractivity contribution in [3.63, 3.8) is 0 Å². The van der Waals surface area contributed by atoms with Gasteiger partial charge in [0.05, 0.1) is 0 Å². The molecule has 0 spiro atoms. The van der Waals surface area contributed by atoms with Crippen LogP contribution in [-0.4, -0.2) is 39.7 Å². The van der Waals surface area contributed by atoms with E-state index in [0.29, 0.717) is 16.4 Å². The number of rotatable bonds is 6. The minimum atomic E-state index is -0.467. The molecular weight excluding hydrogens is 382 g/mol. The van der Waals surface area contributed by atoms with Gasteiger partial charge in [-0.1, -0.05) is 0 Å². The lowest BCUT2D eigenvalue weighted by atomic mass is 10.5. The summed E-state index contributed by atoms with van der Waals surface area (Å²) in [7, 11) is 1.69. The average Bonchev–Trinajstić information content (AvgIpc) is 3.22. The largest absolute Gasteiger partial charge is 0.454 e. The van der Waals surface area contributed by atoms with Gasteiger partial charge in [0.25, 0.3) is 11.8 Å². The zero-order chi connectivity index (χ0) is 16.9. The zero-order valence-electron chi connectivity index (χ0n) is 12.5. The fourth-order valence-electron chi connectivity index (χ4n) is 1.78. The Kier molecular flexibility index (Phi) is 4.85. The lowest BCUT2D eigenvalue weighted by molar-refractivity contribution is -0.143. The normalized spacial score (nSPS) is 10.6. The van der Waals surface area contributed by atoms with Crippen LogP contribution in [0, 0.1) is 0 Å². The van der Waals surface area contributed by atoms with Gasteiger partial charge in [-0.05, 0) is 34.1 Å². The summed E-state index contributed by atoms with van der Waals surface area (Å²) in [4.78, 5) is 21.5. The molecule has 0 atom stereocenters. The summed E-state index contributed by atoms with van der Waals surface area (Å²) in [6.45, 7) is -0.132. The molecule has 9 nitrogen and oxygen atoms in total. The lowest BCUT2D eigenvalue weighted by Gasteiger charge is -2.14. The van der Waals surface area contributed by atoms with Crippen LogP contribution in [0.5, 0.6) is 0 Å². The van der Waals surface area contributed by atoms with E-state index in [2.05, 4.69) is 36.1 Å². The highest BCUT2D eigenvalue weighted by Crippen LogP contribution is 2.23. The smallest absolute Gasteiger partial charge is 0.326 e. The minimum absolute atomic E-state index is 0.00383. The van der Waals surface area contributed by atoms with Crippen LogP contribution in [-0.2, 0) is 16.1 Å². The Morgan fingerprint density at radius 2 is 2.04 bits per heavy atom. The molecule has 0 saturated heterocycles. The van der Waals surface area contributed by atoms with Crippen LogP contribution in [0.3, 0.4) is 0 Å². The first-order chi connectivity index (χ1) is 11.6. The predicted molar refractivity (Wildman–Crippen MR) is 84.8 cm³/mol. The number of halogens is 1. The monoisotopic (exact) mass is 393 g/mol. The number of nitrogens with zero attached hydrogens (tertiary/aromatic N) is 5. The Balaban J connectivity index is 1.52. The number of anilines is 1. The number of carbonyl (C=O) groups excluding carboxylic acids is 1. The molecule has 24 heavy (non-hydrogen) atoms. The molecule has 0 bridgehead atoms. The van der Waals surface area contributed by atoms with Gasteiger partial charge in [0, 0.05) is 19.4 Å². The van der Waals surface area contributed by atoms with E-state index in [0.717, 1.165) is 0 Å². The number of likely N-dealkylation sites (N-methyl/N-ethyl adjacent to an activating group) is 1. The maximum Gasteiger partial charge on any atom is 0.326 e. The molecule has 3 rings (SSSR count). The van der Waals surface area contributed by atoms with Crippen molar-refractivity contribution in [2.24, 2.45) is 0 Å². The molecule has 0 fully saturated rings. The highest BCUT2D eigenvalue weighted by Gasteiger charge is 2.15. The number of carbonyl (C=O) groups is 1. The maximum atomic E-state index is 11.8. The van der Waals surface area contributed by atoms with Crippen LogP contribution in [0.1, 0.15) is 5.89 Å². The second kappa shape index (κ2) is 7.21. The van der Waals surface area contributed by atoms with Crippen LogP contribution in [0.15, 0.2) is 44.1 Å². The molecule has 0 aromatic carbocycles. The van der Waals surface area contributed by atoms with Crippen molar-refractivity contribution in [2.75, 3.05) is 18.5 Å². The minimum Gasteiger partial charge on any atom is -0.454 e. The molecule has 3 aromatic heterocycles. The Labute approximate surface area is 144 Å². The number of hydrogen-bond donors (Lipinski definition) is 0. The van der Waals surface area contributed by atoms with Crippen LogP contribution in [0.25, 0.3) is 11.7 Å². The SMILES string of the molecule is CN(CC(=O)OCc1nnc(-c2ccc(Br)o2)o1)c1ncccn1. The van der Waals surface area contributed by atoms with Gasteiger partial charge in [0.15, 0.2) is 17.0 Å². The van der Waals surface area contributed by atoms with Crippen molar-refractivity contribution in [1.82, 2.24) is 20.2 Å². The van der Waals surface area contributed by atoms with E-state index in [9.17, 15) is 4.79 Å². The summed E-state index contributed by atoms with van der Waals surface area (Å²) < 4.78 is 16.3. The fraction of sp³-hybridized carbons (Fsp3) is 0.214. The Morgan fingerprint density at radius 1 is 1.25 bits per heavy atom. The summed E-state index contributed by atoms with van der Waals surface area (Å²) >= 11 is 3.19. The van der Waals surface area contributed by atoms with E-state index >= 15 is 0 Å². The van der Waals surface area contributed by atoms with Crippen molar-refractivity contribution >= 4 is 27.8 Å². The van der Waals surface area contributed by atoms with E-state index in [-0.39, 0.29) is 24.9 Å². The molecule has 0 aliphatic heterocycles. The van der Waals surface area contributed by atoms with Gasteiger partial charge in [-0.3, -0.25) is 4.79 Å². The number of hydrogen-bond acceptors (Lipinski definition) is 9. The molecule has 3 heterocycles. The van der Waals surface area contributed by atoms with Crippen molar-refractivity contribution < 1.29 is 18.4 Å². The molecule has 0 radical (unpaired) electrons. The van der Waals surface area contributed by atoms with E-state index < -0.39 is 5.97 Å². The van der Waals surface area contributed by atoms with Gasteiger partial charge in [0.2, 0.25) is 5.95 Å². The van der Waals surface area contributed by atoms with Gasteiger partial charge in [-0.2, -0.15) is 0 Å². The number of furan rings is 1. The van der Waals surface area contributed by atoms with E-state index in [1.807, 2.05) is 0 Å². The van der Waals surface area contributed by atoms with Crippen molar-refractivity contribution in [2.45, 2.75) is 6.61 Å². The molecule has 0 N–H and O–H groups in total. The molecule has 0 amide bonds. The number of aromatic nitrogens is 4. The highest BCUT2D eigenvalue weighted by atomic mass is 79.9. The maximum absolute atomic E-state index is 11.8. The van der Waals surface area contributed by atoms with Crippen molar-refractivity contribution in [1.29, 1.82) is 0 Å². The third kappa shape index (κ3) is 3.96. The first-order valence-electron chi connectivity index (χ1n) is 6.83. The Hall–Kier alpha value is -2.75. The molecule has 0 unspecified atom stereocenters. The molecule has 10 heteroatoms. The van der Waals surface area contributed by atoms with Crippen LogP contribution >= 0.6 is 15.9 Å². The van der Waals surface area contributed by atoms with Gasteiger partial charge in [0.1, 0.15) is 6.54 Å². The summed E-state index contributed by atoms with van der Waals surface area (Å²) in [5.41, 5.74) is 0. The molecule has 0 aliphatic carbocycles. The summed E-state index contributed by atoms with van der Waals surface area (Å²) in [6, 6.07) is 5.09. The molecule has 3 aromatic rings. The van der Waals surface area contributed by atoms with Gasteiger partial charge in [-0.15, -0.1) is 10.2 Å². The van der Waals surface area contributed by atoms with Crippen LogP contribution in [0.2, 0.25) is 0 Å². The van der Waals surface area contributed by atoms with Gasteiger partial charge in [-0.25, -0.2) is 9.97 Å².